The van der Waals surface area contributed by atoms with Crippen molar-refractivity contribution in [1.29, 1.82) is 0 Å². The van der Waals surface area contributed by atoms with Gasteiger partial charge in [-0.1, -0.05) is 0 Å². The zero-order valence-electron chi connectivity index (χ0n) is 15.7. The van der Waals surface area contributed by atoms with E-state index >= 15 is 0 Å². The molecule has 3 N–H and O–H groups in total. The number of anilines is 1. The van der Waals surface area contributed by atoms with Crippen molar-refractivity contribution in [1.82, 2.24) is 5.32 Å². The van der Waals surface area contributed by atoms with Crippen molar-refractivity contribution < 1.29 is 24.2 Å². The predicted molar refractivity (Wildman–Crippen MR) is 105 cm³/mol. The van der Waals surface area contributed by atoms with E-state index in [2.05, 4.69) is 10.6 Å². The maximum atomic E-state index is 12.2. The fourth-order valence-electron chi connectivity index (χ4n) is 3.22. The molecular formula is C21H24N2O5. The van der Waals surface area contributed by atoms with Gasteiger partial charge in [0.1, 0.15) is 11.5 Å². The highest BCUT2D eigenvalue weighted by molar-refractivity contribution is 5.89. The summed E-state index contributed by atoms with van der Waals surface area (Å²) in [4.78, 5) is 23.0. The van der Waals surface area contributed by atoms with E-state index in [0.29, 0.717) is 11.4 Å². The minimum atomic E-state index is -0.953. The summed E-state index contributed by atoms with van der Waals surface area (Å²) < 4.78 is 11.0. The molecule has 0 aliphatic heterocycles. The van der Waals surface area contributed by atoms with Gasteiger partial charge in [0.25, 0.3) is 0 Å². The first-order chi connectivity index (χ1) is 13.5. The summed E-state index contributed by atoms with van der Waals surface area (Å²) in [6.07, 6.45) is 3.38. The van der Waals surface area contributed by atoms with Crippen LogP contribution in [0.4, 0.5) is 10.5 Å². The summed E-state index contributed by atoms with van der Waals surface area (Å²) in [6.45, 7) is 0. The second-order valence-corrected chi connectivity index (χ2v) is 6.75. The first kappa shape index (κ1) is 19.5. The number of carboxylic acids is 1. The molecule has 1 aliphatic carbocycles. The number of hydrogen-bond donors (Lipinski definition) is 3. The minimum Gasteiger partial charge on any atom is -0.497 e. The third kappa shape index (κ3) is 5.39. The molecule has 1 aliphatic rings. The molecule has 7 nitrogen and oxygen atoms in total. The van der Waals surface area contributed by atoms with Crippen molar-refractivity contribution in [3.05, 3.63) is 54.1 Å². The van der Waals surface area contributed by atoms with Gasteiger partial charge in [-0.25, -0.2) is 9.59 Å². The van der Waals surface area contributed by atoms with E-state index in [1.54, 1.807) is 43.5 Å². The molecule has 0 radical (unpaired) electrons. The molecule has 0 aromatic heterocycles. The summed E-state index contributed by atoms with van der Waals surface area (Å²) in [5.41, 5.74) is 0.947. The molecule has 0 saturated heterocycles. The summed E-state index contributed by atoms with van der Waals surface area (Å²) in [7, 11) is 1.60. The third-order valence-corrected chi connectivity index (χ3v) is 4.76. The molecule has 28 heavy (non-hydrogen) atoms. The molecular weight excluding hydrogens is 360 g/mol. The lowest BCUT2D eigenvalue weighted by molar-refractivity contribution is 0.0696. The van der Waals surface area contributed by atoms with E-state index in [1.165, 1.54) is 12.1 Å². The zero-order valence-corrected chi connectivity index (χ0v) is 15.7. The molecule has 0 unspecified atom stereocenters. The fourth-order valence-corrected chi connectivity index (χ4v) is 3.22. The quantitative estimate of drug-likeness (QED) is 0.702. The Morgan fingerprint density at radius 3 is 2.11 bits per heavy atom. The molecule has 7 heteroatoms. The van der Waals surface area contributed by atoms with Crippen LogP contribution in [0.15, 0.2) is 48.5 Å². The largest absolute Gasteiger partial charge is 0.497 e. The standard InChI is InChI=1S/C21H24N2O5/c1-27-17-10-4-15(5-11-17)22-21(26)23-16-6-12-19(13-7-16)28-18-8-2-14(3-9-18)20(24)25/h2-5,8-11,16,19H,6-7,12-13H2,1H3,(H,24,25)(H2,22,23,26)/t16-,19-. The Kier molecular flexibility index (Phi) is 6.37. The van der Waals surface area contributed by atoms with Crippen LogP contribution in [0.1, 0.15) is 36.0 Å². The van der Waals surface area contributed by atoms with E-state index in [-0.39, 0.29) is 23.7 Å². The van der Waals surface area contributed by atoms with Crippen LogP contribution < -0.4 is 20.1 Å². The number of rotatable bonds is 6. The normalized spacial score (nSPS) is 18.8. The van der Waals surface area contributed by atoms with Crippen molar-refractivity contribution in [2.75, 3.05) is 12.4 Å². The topological polar surface area (TPSA) is 96.9 Å². The summed E-state index contributed by atoms with van der Waals surface area (Å²) >= 11 is 0. The molecule has 2 amide bonds. The Hall–Kier alpha value is -3.22. The number of carboxylic acid groups (broad SMARTS) is 1. The van der Waals surface area contributed by atoms with E-state index in [0.717, 1.165) is 31.4 Å². The van der Waals surface area contributed by atoms with Crippen molar-refractivity contribution in [2.24, 2.45) is 0 Å². The molecule has 3 rings (SSSR count). The van der Waals surface area contributed by atoms with Crippen molar-refractivity contribution >= 4 is 17.7 Å². The van der Waals surface area contributed by atoms with Gasteiger partial charge >= 0.3 is 12.0 Å². The van der Waals surface area contributed by atoms with Crippen LogP contribution in [0.3, 0.4) is 0 Å². The van der Waals surface area contributed by atoms with Crippen LogP contribution in [0.25, 0.3) is 0 Å². The Bertz CT molecular complexity index is 797. The number of carbonyl (C=O) groups is 2. The van der Waals surface area contributed by atoms with Gasteiger partial charge in [0.2, 0.25) is 0 Å². The number of urea groups is 1. The number of ether oxygens (including phenoxy) is 2. The van der Waals surface area contributed by atoms with Gasteiger partial charge in [-0.2, -0.15) is 0 Å². The van der Waals surface area contributed by atoms with Crippen LogP contribution in [0.5, 0.6) is 11.5 Å². The number of carbonyl (C=O) groups excluding carboxylic acids is 1. The van der Waals surface area contributed by atoms with Gasteiger partial charge in [-0.3, -0.25) is 0 Å². The average molecular weight is 384 g/mol. The van der Waals surface area contributed by atoms with Crippen molar-refractivity contribution in [3.63, 3.8) is 0 Å². The highest BCUT2D eigenvalue weighted by Gasteiger charge is 2.23. The summed E-state index contributed by atoms with van der Waals surface area (Å²) in [5.74, 6) is 0.451. The van der Waals surface area contributed by atoms with Crippen molar-refractivity contribution in [3.8, 4) is 11.5 Å². The van der Waals surface area contributed by atoms with Gasteiger partial charge in [0.05, 0.1) is 18.8 Å². The average Bonchev–Trinajstić information content (AvgIpc) is 2.70. The van der Waals surface area contributed by atoms with E-state index in [4.69, 9.17) is 14.6 Å². The first-order valence-electron chi connectivity index (χ1n) is 9.25. The van der Waals surface area contributed by atoms with Crippen LogP contribution >= 0.6 is 0 Å². The Morgan fingerprint density at radius 2 is 1.54 bits per heavy atom. The Labute approximate surface area is 163 Å². The number of aromatic carboxylic acids is 1. The number of hydrogen-bond acceptors (Lipinski definition) is 4. The second-order valence-electron chi connectivity index (χ2n) is 6.75. The molecule has 0 heterocycles. The van der Waals surface area contributed by atoms with Gasteiger partial charge in [-0.05, 0) is 74.2 Å². The lowest BCUT2D eigenvalue weighted by Crippen LogP contribution is -2.41. The van der Waals surface area contributed by atoms with Crippen LogP contribution in [-0.4, -0.2) is 36.4 Å². The Balaban J connectivity index is 1.41. The predicted octanol–water partition coefficient (Wildman–Crippen LogP) is 3.91. The summed E-state index contributed by atoms with van der Waals surface area (Å²) in [5, 5.41) is 14.7. The SMILES string of the molecule is COc1ccc(NC(=O)N[C@H]2CC[C@H](Oc3ccc(C(=O)O)cc3)CC2)cc1. The summed E-state index contributed by atoms with van der Waals surface area (Å²) in [6, 6.07) is 13.5. The van der Waals surface area contributed by atoms with Crippen LogP contribution in [0, 0.1) is 0 Å². The third-order valence-electron chi connectivity index (χ3n) is 4.76. The highest BCUT2D eigenvalue weighted by atomic mass is 16.5. The molecule has 148 valence electrons. The molecule has 0 bridgehead atoms. The van der Waals surface area contributed by atoms with Crippen LogP contribution in [-0.2, 0) is 0 Å². The van der Waals surface area contributed by atoms with E-state index in [9.17, 15) is 9.59 Å². The Morgan fingerprint density at radius 1 is 0.929 bits per heavy atom. The number of benzene rings is 2. The lowest BCUT2D eigenvalue weighted by atomic mass is 9.93. The number of methoxy groups -OCH3 is 1. The van der Waals surface area contributed by atoms with Gasteiger partial charge in [0.15, 0.2) is 0 Å². The molecule has 0 spiro atoms. The van der Waals surface area contributed by atoms with E-state index in [1.807, 2.05) is 0 Å². The monoisotopic (exact) mass is 384 g/mol. The molecule has 1 saturated carbocycles. The van der Waals surface area contributed by atoms with Gasteiger partial charge in [0, 0.05) is 11.7 Å². The number of nitrogens with one attached hydrogen (secondary N) is 2. The highest BCUT2D eigenvalue weighted by Crippen LogP contribution is 2.24. The van der Waals surface area contributed by atoms with Crippen molar-refractivity contribution in [2.45, 2.75) is 37.8 Å². The molecule has 1 fully saturated rings. The van der Waals surface area contributed by atoms with E-state index < -0.39 is 5.97 Å². The van der Waals surface area contributed by atoms with Gasteiger partial charge in [-0.15, -0.1) is 0 Å². The molecule has 0 atom stereocenters. The zero-order chi connectivity index (χ0) is 19.9. The molecule has 2 aromatic rings. The van der Waals surface area contributed by atoms with Crippen LogP contribution in [0.2, 0.25) is 0 Å². The number of amides is 2. The lowest BCUT2D eigenvalue weighted by Gasteiger charge is -2.29. The first-order valence-corrected chi connectivity index (χ1v) is 9.25. The van der Waals surface area contributed by atoms with Gasteiger partial charge < -0.3 is 25.2 Å². The maximum Gasteiger partial charge on any atom is 0.335 e. The molecule has 2 aromatic carbocycles. The second kappa shape index (κ2) is 9.12. The minimum absolute atomic E-state index is 0.0679. The maximum absolute atomic E-state index is 12.2. The smallest absolute Gasteiger partial charge is 0.335 e. The fraction of sp³-hybridized carbons (Fsp3) is 0.333.